The average molecular weight is 197 g/mol. The number of aryl methyl sites for hydroxylation is 1. The molecule has 1 heterocycles. The van der Waals surface area contributed by atoms with E-state index in [1.165, 1.54) is 12.8 Å². The highest BCUT2D eigenvalue weighted by molar-refractivity contribution is 4.77. The molecule has 0 aromatic carbocycles. The standard InChI is InChI=1S/C9H19N5/c1-4-8(2)5-6-10-7-9-11-12-13-14(9)3/h8,10H,4-7H2,1-3H3. The van der Waals surface area contributed by atoms with E-state index in [2.05, 4.69) is 34.7 Å². The molecular weight excluding hydrogens is 178 g/mol. The molecule has 0 aliphatic heterocycles. The van der Waals surface area contributed by atoms with Crippen molar-refractivity contribution in [3.8, 4) is 0 Å². The van der Waals surface area contributed by atoms with Crippen molar-refractivity contribution in [2.45, 2.75) is 33.2 Å². The topological polar surface area (TPSA) is 55.6 Å². The van der Waals surface area contributed by atoms with Gasteiger partial charge >= 0.3 is 0 Å². The summed E-state index contributed by atoms with van der Waals surface area (Å²) in [5, 5.41) is 14.6. The molecule has 80 valence electrons. The van der Waals surface area contributed by atoms with Gasteiger partial charge in [0, 0.05) is 7.05 Å². The van der Waals surface area contributed by atoms with Crippen LogP contribution in [0.4, 0.5) is 0 Å². The van der Waals surface area contributed by atoms with Crippen molar-refractivity contribution in [1.82, 2.24) is 25.5 Å². The minimum absolute atomic E-state index is 0.750. The maximum atomic E-state index is 3.89. The number of nitrogens with one attached hydrogen (secondary N) is 1. The Morgan fingerprint density at radius 3 is 2.86 bits per heavy atom. The molecule has 0 aliphatic rings. The molecule has 0 fully saturated rings. The van der Waals surface area contributed by atoms with Gasteiger partial charge in [0.15, 0.2) is 5.82 Å². The van der Waals surface area contributed by atoms with Crippen molar-refractivity contribution < 1.29 is 0 Å². The fraction of sp³-hybridized carbons (Fsp3) is 0.889. The lowest BCUT2D eigenvalue weighted by molar-refractivity contribution is 0.481. The third kappa shape index (κ3) is 3.41. The minimum atomic E-state index is 0.750. The Labute approximate surface area is 84.9 Å². The van der Waals surface area contributed by atoms with Gasteiger partial charge in [0.25, 0.3) is 0 Å². The van der Waals surface area contributed by atoms with Crippen LogP contribution in [0, 0.1) is 5.92 Å². The SMILES string of the molecule is CCC(C)CCNCc1nnnn1C. The Bertz CT molecular complexity index is 257. The summed E-state index contributed by atoms with van der Waals surface area (Å²) < 4.78 is 1.69. The summed E-state index contributed by atoms with van der Waals surface area (Å²) in [6.45, 7) is 6.27. The summed E-state index contributed by atoms with van der Waals surface area (Å²) in [7, 11) is 1.85. The van der Waals surface area contributed by atoms with Crippen LogP contribution in [0.2, 0.25) is 0 Å². The Hall–Kier alpha value is -0.970. The summed E-state index contributed by atoms with van der Waals surface area (Å²) in [6.07, 6.45) is 2.45. The molecule has 1 aromatic rings. The predicted octanol–water partition coefficient (Wildman–Crippen LogP) is 0.736. The van der Waals surface area contributed by atoms with Crippen LogP contribution in [-0.4, -0.2) is 26.8 Å². The maximum Gasteiger partial charge on any atom is 0.164 e. The first-order valence-electron chi connectivity index (χ1n) is 5.16. The van der Waals surface area contributed by atoms with Gasteiger partial charge < -0.3 is 5.32 Å². The molecule has 5 heteroatoms. The van der Waals surface area contributed by atoms with E-state index in [9.17, 15) is 0 Å². The normalized spacial score (nSPS) is 13.1. The Morgan fingerprint density at radius 2 is 2.29 bits per heavy atom. The summed E-state index contributed by atoms with van der Waals surface area (Å²) in [5.41, 5.74) is 0. The van der Waals surface area contributed by atoms with Crippen LogP contribution in [0.3, 0.4) is 0 Å². The highest BCUT2D eigenvalue weighted by Gasteiger charge is 2.01. The Balaban J connectivity index is 2.13. The lowest BCUT2D eigenvalue weighted by Crippen LogP contribution is -2.19. The second kappa shape index (κ2) is 5.70. The van der Waals surface area contributed by atoms with Crippen molar-refractivity contribution in [2.75, 3.05) is 6.54 Å². The lowest BCUT2D eigenvalue weighted by Gasteiger charge is -2.08. The van der Waals surface area contributed by atoms with Gasteiger partial charge in [0.1, 0.15) is 0 Å². The van der Waals surface area contributed by atoms with Gasteiger partial charge in [-0.25, -0.2) is 4.68 Å². The molecule has 1 N–H and O–H groups in total. The van der Waals surface area contributed by atoms with E-state index in [4.69, 9.17) is 0 Å². The zero-order chi connectivity index (χ0) is 10.4. The van der Waals surface area contributed by atoms with Gasteiger partial charge in [0.2, 0.25) is 0 Å². The summed E-state index contributed by atoms with van der Waals surface area (Å²) in [4.78, 5) is 0. The first-order valence-corrected chi connectivity index (χ1v) is 5.16. The van der Waals surface area contributed by atoms with Gasteiger partial charge in [-0.1, -0.05) is 20.3 Å². The van der Waals surface area contributed by atoms with E-state index in [1.54, 1.807) is 4.68 Å². The number of nitrogens with zero attached hydrogens (tertiary/aromatic N) is 4. The molecule has 0 aliphatic carbocycles. The van der Waals surface area contributed by atoms with Crippen LogP contribution < -0.4 is 5.32 Å². The van der Waals surface area contributed by atoms with Crippen LogP contribution in [-0.2, 0) is 13.6 Å². The molecule has 1 aromatic heterocycles. The molecule has 0 spiro atoms. The monoisotopic (exact) mass is 197 g/mol. The lowest BCUT2D eigenvalue weighted by atomic mass is 10.1. The van der Waals surface area contributed by atoms with Crippen molar-refractivity contribution in [3.05, 3.63) is 5.82 Å². The summed E-state index contributed by atoms with van der Waals surface area (Å²) in [5.74, 6) is 1.68. The first kappa shape index (κ1) is 11.1. The molecule has 1 rings (SSSR count). The van der Waals surface area contributed by atoms with E-state index in [1.807, 2.05) is 7.05 Å². The Kier molecular flexibility index (Phi) is 4.52. The van der Waals surface area contributed by atoms with E-state index in [0.717, 1.165) is 24.8 Å². The van der Waals surface area contributed by atoms with E-state index >= 15 is 0 Å². The molecular formula is C9H19N5. The zero-order valence-corrected chi connectivity index (χ0v) is 9.19. The third-order valence-electron chi connectivity index (χ3n) is 2.50. The van der Waals surface area contributed by atoms with Crippen molar-refractivity contribution in [3.63, 3.8) is 0 Å². The van der Waals surface area contributed by atoms with Gasteiger partial charge in [-0.2, -0.15) is 0 Å². The molecule has 0 bridgehead atoms. The van der Waals surface area contributed by atoms with Gasteiger partial charge in [-0.3, -0.25) is 0 Å². The van der Waals surface area contributed by atoms with Crippen LogP contribution in [0.5, 0.6) is 0 Å². The van der Waals surface area contributed by atoms with E-state index in [0.29, 0.717) is 0 Å². The van der Waals surface area contributed by atoms with Crippen LogP contribution in [0.15, 0.2) is 0 Å². The smallest absolute Gasteiger partial charge is 0.164 e. The van der Waals surface area contributed by atoms with Crippen LogP contribution in [0.25, 0.3) is 0 Å². The number of rotatable bonds is 6. The second-order valence-electron chi connectivity index (χ2n) is 3.70. The highest BCUT2D eigenvalue weighted by atomic mass is 15.5. The molecule has 5 nitrogen and oxygen atoms in total. The first-order chi connectivity index (χ1) is 6.74. The molecule has 1 atom stereocenters. The van der Waals surface area contributed by atoms with Crippen molar-refractivity contribution >= 4 is 0 Å². The average Bonchev–Trinajstić information content (AvgIpc) is 2.58. The second-order valence-corrected chi connectivity index (χ2v) is 3.70. The fourth-order valence-corrected chi connectivity index (χ4v) is 1.15. The maximum absolute atomic E-state index is 3.89. The molecule has 0 saturated heterocycles. The third-order valence-corrected chi connectivity index (χ3v) is 2.50. The predicted molar refractivity (Wildman–Crippen MR) is 54.6 cm³/mol. The quantitative estimate of drug-likeness (QED) is 0.683. The number of tetrazole rings is 1. The Morgan fingerprint density at radius 1 is 1.50 bits per heavy atom. The van der Waals surface area contributed by atoms with Gasteiger partial charge in [-0.15, -0.1) is 5.10 Å². The molecule has 0 amide bonds. The van der Waals surface area contributed by atoms with E-state index in [-0.39, 0.29) is 0 Å². The largest absolute Gasteiger partial charge is 0.310 e. The van der Waals surface area contributed by atoms with Crippen molar-refractivity contribution in [2.24, 2.45) is 13.0 Å². The fourth-order valence-electron chi connectivity index (χ4n) is 1.15. The zero-order valence-electron chi connectivity index (χ0n) is 9.19. The molecule has 0 radical (unpaired) electrons. The number of hydrogen-bond acceptors (Lipinski definition) is 4. The van der Waals surface area contributed by atoms with Crippen LogP contribution in [0.1, 0.15) is 32.5 Å². The molecule has 0 saturated carbocycles. The van der Waals surface area contributed by atoms with Crippen LogP contribution >= 0.6 is 0 Å². The van der Waals surface area contributed by atoms with Crippen molar-refractivity contribution in [1.29, 1.82) is 0 Å². The summed E-state index contributed by atoms with van der Waals surface area (Å²) in [6, 6.07) is 0. The van der Waals surface area contributed by atoms with Gasteiger partial charge in [0.05, 0.1) is 6.54 Å². The van der Waals surface area contributed by atoms with E-state index < -0.39 is 0 Å². The number of aromatic nitrogens is 4. The molecule has 1 unspecified atom stereocenters. The number of hydrogen-bond donors (Lipinski definition) is 1. The summed E-state index contributed by atoms with van der Waals surface area (Å²) >= 11 is 0. The molecule has 14 heavy (non-hydrogen) atoms. The minimum Gasteiger partial charge on any atom is -0.310 e. The highest BCUT2D eigenvalue weighted by Crippen LogP contribution is 2.04. The van der Waals surface area contributed by atoms with Gasteiger partial charge in [-0.05, 0) is 29.3 Å².